The molecular weight excluding hydrogens is 427 g/mol. The molecular formula is C16H18BrIN2. The Morgan fingerprint density at radius 2 is 1.65 bits per heavy atom. The third-order valence-electron chi connectivity index (χ3n) is 3.37. The van der Waals surface area contributed by atoms with Gasteiger partial charge in [-0.05, 0) is 63.4 Å². The zero-order valence-corrected chi connectivity index (χ0v) is 15.3. The topological polar surface area (TPSA) is 38.0 Å². The molecule has 0 saturated heterocycles. The highest BCUT2D eigenvalue weighted by Gasteiger charge is 2.16. The van der Waals surface area contributed by atoms with Crippen molar-refractivity contribution in [2.45, 2.75) is 25.8 Å². The van der Waals surface area contributed by atoms with Gasteiger partial charge in [0.2, 0.25) is 0 Å². The van der Waals surface area contributed by atoms with Gasteiger partial charge in [0.1, 0.15) is 0 Å². The van der Waals surface area contributed by atoms with Crippen molar-refractivity contribution in [3.8, 4) is 0 Å². The van der Waals surface area contributed by atoms with Crippen LogP contribution in [0.25, 0.3) is 0 Å². The van der Waals surface area contributed by atoms with E-state index in [1.165, 1.54) is 14.7 Å². The summed E-state index contributed by atoms with van der Waals surface area (Å²) in [7, 11) is 0. The smallest absolute Gasteiger partial charge is 0.0721 e. The summed E-state index contributed by atoms with van der Waals surface area (Å²) in [5, 5.41) is 0. The minimum Gasteiger partial charge on any atom is -0.271 e. The van der Waals surface area contributed by atoms with Gasteiger partial charge in [-0.3, -0.25) is 5.84 Å². The molecule has 2 nitrogen and oxygen atoms in total. The van der Waals surface area contributed by atoms with Crippen molar-refractivity contribution in [1.29, 1.82) is 0 Å². The number of nitrogens with one attached hydrogen (secondary N) is 1. The molecule has 4 heteroatoms. The number of nitrogens with two attached hydrogens (primary N) is 1. The highest BCUT2D eigenvalue weighted by atomic mass is 127. The molecule has 0 aromatic heterocycles. The van der Waals surface area contributed by atoms with Crippen LogP contribution >= 0.6 is 38.5 Å². The highest BCUT2D eigenvalue weighted by molar-refractivity contribution is 14.1. The van der Waals surface area contributed by atoms with E-state index in [0.717, 1.165) is 10.0 Å². The van der Waals surface area contributed by atoms with Crippen LogP contribution in [0.15, 0.2) is 46.9 Å². The third-order valence-corrected chi connectivity index (χ3v) is 4.77. The van der Waals surface area contributed by atoms with Gasteiger partial charge in [-0.2, -0.15) is 0 Å². The fraction of sp³-hybridized carbons (Fsp3) is 0.250. The first-order valence-corrected chi connectivity index (χ1v) is 8.41. The summed E-state index contributed by atoms with van der Waals surface area (Å²) in [6.07, 6.45) is 0. The lowest BCUT2D eigenvalue weighted by molar-refractivity contribution is 0.634. The molecule has 2 rings (SSSR count). The molecule has 0 spiro atoms. The van der Waals surface area contributed by atoms with Gasteiger partial charge >= 0.3 is 0 Å². The molecule has 2 aromatic rings. The second kappa shape index (κ2) is 7.02. The molecule has 20 heavy (non-hydrogen) atoms. The largest absolute Gasteiger partial charge is 0.271 e. The Kier molecular flexibility index (Phi) is 5.60. The van der Waals surface area contributed by atoms with Crippen LogP contribution in [0.2, 0.25) is 0 Å². The van der Waals surface area contributed by atoms with E-state index < -0.39 is 0 Å². The Morgan fingerprint density at radius 1 is 1.05 bits per heavy atom. The molecule has 0 aliphatic heterocycles. The van der Waals surface area contributed by atoms with Crippen LogP contribution in [0, 0.1) is 3.57 Å². The standard InChI is InChI=1S/C16H18BrIN2/c1-10(2)11-3-5-12(6-4-11)16(20-19)14-9-13(18)7-8-15(14)17/h3-10,16,20H,19H2,1-2H3. The second-order valence-electron chi connectivity index (χ2n) is 5.09. The minimum absolute atomic E-state index is 0.0136. The average Bonchev–Trinajstić information content (AvgIpc) is 2.44. The van der Waals surface area contributed by atoms with Crippen LogP contribution < -0.4 is 11.3 Å². The van der Waals surface area contributed by atoms with Crippen molar-refractivity contribution in [1.82, 2.24) is 5.43 Å². The zero-order chi connectivity index (χ0) is 14.7. The summed E-state index contributed by atoms with van der Waals surface area (Å²) in [6, 6.07) is 14.9. The van der Waals surface area contributed by atoms with Crippen LogP contribution in [0.1, 0.15) is 42.5 Å². The predicted molar refractivity (Wildman–Crippen MR) is 96.6 cm³/mol. The molecule has 0 heterocycles. The van der Waals surface area contributed by atoms with Crippen LogP contribution in [0.3, 0.4) is 0 Å². The van der Waals surface area contributed by atoms with Gasteiger partial charge in [0.15, 0.2) is 0 Å². The second-order valence-corrected chi connectivity index (χ2v) is 7.19. The summed E-state index contributed by atoms with van der Waals surface area (Å²) in [5.41, 5.74) is 6.57. The maximum absolute atomic E-state index is 5.78. The molecule has 2 aromatic carbocycles. The van der Waals surface area contributed by atoms with E-state index in [2.05, 4.69) is 100 Å². The van der Waals surface area contributed by atoms with Crippen molar-refractivity contribution in [3.63, 3.8) is 0 Å². The molecule has 1 atom stereocenters. The Hall–Kier alpha value is -0.430. The number of hydrogen-bond donors (Lipinski definition) is 2. The molecule has 0 radical (unpaired) electrons. The molecule has 1 unspecified atom stereocenters. The molecule has 106 valence electrons. The fourth-order valence-corrected chi connectivity index (χ4v) is 3.17. The number of hydrogen-bond acceptors (Lipinski definition) is 2. The van der Waals surface area contributed by atoms with E-state index in [-0.39, 0.29) is 6.04 Å². The lowest BCUT2D eigenvalue weighted by Gasteiger charge is -2.19. The van der Waals surface area contributed by atoms with E-state index in [9.17, 15) is 0 Å². The van der Waals surface area contributed by atoms with Crippen LogP contribution in [-0.2, 0) is 0 Å². The van der Waals surface area contributed by atoms with E-state index in [1.807, 2.05) is 0 Å². The summed E-state index contributed by atoms with van der Waals surface area (Å²) >= 11 is 5.92. The fourth-order valence-electron chi connectivity index (χ4n) is 2.17. The maximum atomic E-state index is 5.78. The van der Waals surface area contributed by atoms with E-state index in [4.69, 9.17) is 5.84 Å². The summed E-state index contributed by atoms with van der Waals surface area (Å²) < 4.78 is 2.26. The van der Waals surface area contributed by atoms with Crippen molar-refractivity contribution < 1.29 is 0 Å². The van der Waals surface area contributed by atoms with Crippen molar-refractivity contribution in [2.75, 3.05) is 0 Å². The van der Waals surface area contributed by atoms with E-state index in [0.29, 0.717) is 5.92 Å². The third kappa shape index (κ3) is 3.61. The molecule has 3 N–H and O–H groups in total. The van der Waals surface area contributed by atoms with Crippen LogP contribution in [0.4, 0.5) is 0 Å². The number of benzene rings is 2. The van der Waals surface area contributed by atoms with Gasteiger partial charge in [-0.15, -0.1) is 0 Å². The van der Waals surface area contributed by atoms with Crippen molar-refractivity contribution in [3.05, 3.63) is 67.2 Å². The van der Waals surface area contributed by atoms with E-state index in [1.54, 1.807) is 0 Å². The van der Waals surface area contributed by atoms with Gasteiger partial charge in [-0.1, -0.05) is 54.0 Å². The van der Waals surface area contributed by atoms with Crippen molar-refractivity contribution in [2.24, 2.45) is 5.84 Å². The molecule has 0 amide bonds. The first-order valence-electron chi connectivity index (χ1n) is 6.54. The minimum atomic E-state index is -0.0136. The lowest BCUT2D eigenvalue weighted by atomic mass is 9.96. The van der Waals surface area contributed by atoms with Gasteiger partial charge in [-0.25, -0.2) is 5.43 Å². The van der Waals surface area contributed by atoms with Gasteiger partial charge in [0.25, 0.3) is 0 Å². The highest BCUT2D eigenvalue weighted by Crippen LogP contribution is 2.30. The first-order chi connectivity index (χ1) is 9.52. The van der Waals surface area contributed by atoms with Gasteiger partial charge in [0.05, 0.1) is 6.04 Å². The molecule has 0 aliphatic rings. The molecule has 0 bridgehead atoms. The zero-order valence-electron chi connectivity index (χ0n) is 11.5. The Balaban J connectivity index is 2.39. The summed E-state index contributed by atoms with van der Waals surface area (Å²) in [6.45, 7) is 4.40. The van der Waals surface area contributed by atoms with Crippen molar-refractivity contribution >= 4 is 38.5 Å². The van der Waals surface area contributed by atoms with Gasteiger partial charge < -0.3 is 0 Å². The quantitative estimate of drug-likeness (QED) is 0.406. The van der Waals surface area contributed by atoms with E-state index >= 15 is 0 Å². The number of rotatable bonds is 4. The van der Waals surface area contributed by atoms with Crippen LogP contribution in [-0.4, -0.2) is 0 Å². The van der Waals surface area contributed by atoms with Crippen LogP contribution in [0.5, 0.6) is 0 Å². The monoisotopic (exact) mass is 444 g/mol. The molecule has 0 fully saturated rings. The summed E-state index contributed by atoms with van der Waals surface area (Å²) in [5.74, 6) is 6.32. The Labute approximate surface area is 142 Å². The predicted octanol–water partition coefficient (Wildman–Crippen LogP) is 4.73. The maximum Gasteiger partial charge on any atom is 0.0721 e. The Bertz CT molecular complexity index is 582. The molecule has 0 saturated carbocycles. The SMILES string of the molecule is CC(C)c1ccc(C(NN)c2cc(I)ccc2Br)cc1. The normalized spacial score (nSPS) is 12.7. The number of hydrazine groups is 1. The Morgan fingerprint density at radius 3 is 2.20 bits per heavy atom. The average molecular weight is 445 g/mol. The van der Waals surface area contributed by atoms with Gasteiger partial charge in [0, 0.05) is 8.04 Å². The summed E-state index contributed by atoms with van der Waals surface area (Å²) in [4.78, 5) is 0. The lowest BCUT2D eigenvalue weighted by Crippen LogP contribution is -2.29. The number of halogens is 2. The molecule has 0 aliphatic carbocycles. The first kappa shape index (κ1) is 15.9.